The second-order valence-corrected chi connectivity index (χ2v) is 6.20. The summed E-state index contributed by atoms with van der Waals surface area (Å²) in [6.45, 7) is 5.09. The van der Waals surface area contributed by atoms with Crippen LogP contribution < -0.4 is 15.4 Å². The average Bonchev–Trinajstić information content (AvgIpc) is 3.08. The molecule has 0 aliphatic carbocycles. The van der Waals surface area contributed by atoms with Gasteiger partial charge in [0, 0.05) is 42.4 Å². The van der Waals surface area contributed by atoms with E-state index in [1.54, 1.807) is 13.3 Å². The molecule has 0 radical (unpaired) electrons. The first kappa shape index (κ1) is 17.3. The normalized spacial score (nSPS) is 12.2. The maximum atomic E-state index is 5.29. The lowest BCUT2D eigenvalue weighted by Crippen LogP contribution is -2.25. The minimum Gasteiger partial charge on any atom is -0.497 e. The summed E-state index contributed by atoms with van der Waals surface area (Å²) in [6.07, 6.45) is 5.02. The predicted molar refractivity (Wildman–Crippen MR) is 103 cm³/mol. The molecule has 3 aromatic rings. The topological polar surface area (TPSA) is 51.1 Å². The van der Waals surface area contributed by atoms with Crippen LogP contribution in [0, 0.1) is 0 Å². The van der Waals surface area contributed by atoms with Gasteiger partial charge in [-0.1, -0.05) is 6.07 Å². The minimum absolute atomic E-state index is 0.398. The van der Waals surface area contributed by atoms with Gasteiger partial charge in [0.25, 0.3) is 0 Å². The largest absolute Gasteiger partial charge is 0.497 e. The zero-order valence-electron chi connectivity index (χ0n) is 14.9. The second kappa shape index (κ2) is 8.53. The van der Waals surface area contributed by atoms with Crippen molar-refractivity contribution in [2.45, 2.75) is 19.4 Å². The van der Waals surface area contributed by atoms with Gasteiger partial charge in [-0.2, -0.15) is 0 Å². The van der Waals surface area contributed by atoms with Gasteiger partial charge in [0.05, 0.1) is 7.11 Å². The smallest absolute Gasteiger partial charge is 0.125 e. The molecule has 3 rings (SSSR count). The summed E-state index contributed by atoms with van der Waals surface area (Å²) in [7, 11) is 1.70. The van der Waals surface area contributed by atoms with Crippen molar-refractivity contribution in [2.24, 2.45) is 0 Å². The lowest BCUT2D eigenvalue weighted by Gasteiger charge is -2.16. The Bertz CT molecular complexity index is 785. The molecule has 0 saturated heterocycles. The summed E-state index contributed by atoms with van der Waals surface area (Å²) in [4.78, 5) is 4.26. The van der Waals surface area contributed by atoms with E-state index < -0.39 is 0 Å². The highest BCUT2D eigenvalue weighted by atomic mass is 16.5. The van der Waals surface area contributed by atoms with Crippen molar-refractivity contribution >= 4 is 16.7 Å². The fourth-order valence-electron chi connectivity index (χ4n) is 2.96. The molecular weight excluding hydrogens is 312 g/mol. The fraction of sp³-hybridized carbons (Fsp3) is 0.350. The lowest BCUT2D eigenvalue weighted by atomic mass is 10.2. The zero-order chi connectivity index (χ0) is 17.5. The highest BCUT2D eigenvalue weighted by Crippen LogP contribution is 2.24. The Balaban J connectivity index is 1.43. The molecule has 0 fully saturated rings. The van der Waals surface area contributed by atoms with Gasteiger partial charge in [-0.05, 0) is 56.3 Å². The Labute approximate surface area is 149 Å². The molecule has 2 heterocycles. The molecular formula is C20H26N4O. The molecule has 0 aliphatic heterocycles. The molecule has 1 atom stereocenters. The first-order chi connectivity index (χ1) is 12.3. The van der Waals surface area contributed by atoms with E-state index in [1.165, 1.54) is 10.9 Å². The number of ether oxygens (including phenoxy) is 1. The highest BCUT2D eigenvalue weighted by molar-refractivity contribution is 5.81. The second-order valence-electron chi connectivity index (χ2n) is 6.20. The van der Waals surface area contributed by atoms with Gasteiger partial charge in [-0.25, -0.2) is 4.98 Å². The lowest BCUT2D eigenvalue weighted by molar-refractivity contribution is 0.415. The van der Waals surface area contributed by atoms with Gasteiger partial charge in [0.2, 0.25) is 0 Å². The van der Waals surface area contributed by atoms with Crippen LogP contribution in [0.15, 0.2) is 54.9 Å². The molecule has 5 nitrogen and oxygen atoms in total. The van der Waals surface area contributed by atoms with Crippen LogP contribution in [-0.4, -0.2) is 36.3 Å². The van der Waals surface area contributed by atoms with E-state index in [0.717, 1.165) is 37.6 Å². The Kier molecular flexibility index (Phi) is 5.90. The van der Waals surface area contributed by atoms with Gasteiger partial charge in [-0.3, -0.25) is 0 Å². The van der Waals surface area contributed by atoms with E-state index in [-0.39, 0.29) is 0 Å². The van der Waals surface area contributed by atoms with Crippen LogP contribution in [0.5, 0.6) is 5.75 Å². The van der Waals surface area contributed by atoms with Crippen LogP contribution in [0.1, 0.15) is 19.4 Å². The van der Waals surface area contributed by atoms with E-state index in [2.05, 4.69) is 51.5 Å². The third-order valence-electron chi connectivity index (χ3n) is 4.34. The van der Waals surface area contributed by atoms with E-state index in [9.17, 15) is 0 Å². The molecule has 2 aromatic heterocycles. The van der Waals surface area contributed by atoms with Crippen LogP contribution in [0.3, 0.4) is 0 Å². The summed E-state index contributed by atoms with van der Waals surface area (Å²) >= 11 is 0. The third-order valence-corrected chi connectivity index (χ3v) is 4.34. The molecule has 1 unspecified atom stereocenters. The van der Waals surface area contributed by atoms with Crippen molar-refractivity contribution in [1.29, 1.82) is 0 Å². The minimum atomic E-state index is 0.398. The SMILES string of the molecule is COc1ccc2c(ccn2C(C)CNCCCNc2ccccn2)c1. The van der Waals surface area contributed by atoms with Crippen LogP contribution >= 0.6 is 0 Å². The molecule has 1 aromatic carbocycles. The summed E-state index contributed by atoms with van der Waals surface area (Å²) in [5.74, 6) is 1.83. The van der Waals surface area contributed by atoms with Gasteiger partial charge in [0.1, 0.15) is 11.6 Å². The zero-order valence-corrected chi connectivity index (χ0v) is 14.9. The van der Waals surface area contributed by atoms with Crippen LogP contribution in [0.25, 0.3) is 10.9 Å². The van der Waals surface area contributed by atoms with Crippen molar-refractivity contribution in [2.75, 3.05) is 32.1 Å². The maximum absolute atomic E-state index is 5.29. The summed E-state index contributed by atoms with van der Waals surface area (Å²) in [5, 5.41) is 8.08. The van der Waals surface area contributed by atoms with Gasteiger partial charge < -0.3 is 19.9 Å². The molecule has 0 amide bonds. The number of hydrogen-bond donors (Lipinski definition) is 2. The van der Waals surface area contributed by atoms with Gasteiger partial charge in [0.15, 0.2) is 0 Å². The highest BCUT2D eigenvalue weighted by Gasteiger charge is 2.08. The first-order valence-corrected chi connectivity index (χ1v) is 8.78. The van der Waals surface area contributed by atoms with E-state index in [0.29, 0.717) is 6.04 Å². The molecule has 0 bridgehead atoms. The standard InChI is InChI=1S/C20H26N4O/c1-16(15-21-10-5-12-23-20-6-3-4-11-22-20)24-13-9-17-14-18(25-2)7-8-19(17)24/h3-4,6-9,11,13-14,16,21H,5,10,12,15H2,1-2H3,(H,22,23). The summed E-state index contributed by atoms with van der Waals surface area (Å²) < 4.78 is 7.61. The number of aromatic nitrogens is 2. The Morgan fingerprint density at radius 1 is 1.16 bits per heavy atom. The van der Waals surface area contributed by atoms with Gasteiger partial charge in [-0.15, -0.1) is 0 Å². The summed E-state index contributed by atoms with van der Waals surface area (Å²) in [6, 6.07) is 14.7. The first-order valence-electron chi connectivity index (χ1n) is 8.78. The third kappa shape index (κ3) is 4.51. The number of rotatable bonds is 9. The monoisotopic (exact) mass is 338 g/mol. The van der Waals surface area contributed by atoms with E-state index in [1.807, 2.05) is 24.3 Å². The number of nitrogens with one attached hydrogen (secondary N) is 2. The number of methoxy groups -OCH3 is 1. The van der Waals surface area contributed by atoms with Crippen molar-refractivity contribution in [1.82, 2.24) is 14.9 Å². The van der Waals surface area contributed by atoms with Crippen LogP contribution in [-0.2, 0) is 0 Å². The maximum Gasteiger partial charge on any atom is 0.125 e. The number of nitrogens with zero attached hydrogens (tertiary/aromatic N) is 2. The van der Waals surface area contributed by atoms with Crippen molar-refractivity contribution in [3.63, 3.8) is 0 Å². The number of pyridine rings is 1. The number of hydrogen-bond acceptors (Lipinski definition) is 4. The van der Waals surface area contributed by atoms with Crippen molar-refractivity contribution < 1.29 is 4.74 Å². The van der Waals surface area contributed by atoms with Crippen molar-refractivity contribution in [3.05, 3.63) is 54.9 Å². The fourth-order valence-corrected chi connectivity index (χ4v) is 2.96. The Morgan fingerprint density at radius 3 is 2.88 bits per heavy atom. The molecule has 0 spiro atoms. The van der Waals surface area contributed by atoms with Crippen LogP contribution in [0.2, 0.25) is 0 Å². The van der Waals surface area contributed by atoms with E-state index >= 15 is 0 Å². The van der Waals surface area contributed by atoms with Crippen molar-refractivity contribution in [3.8, 4) is 5.75 Å². The van der Waals surface area contributed by atoms with Gasteiger partial charge >= 0.3 is 0 Å². The molecule has 0 saturated carbocycles. The number of benzene rings is 1. The molecule has 0 aliphatic rings. The molecule has 5 heteroatoms. The van der Waals surface area contributed by atoms with E-state index in [4.69, 9.17) is 4.74 Å². The number of fused-ring (bicyclic) bond motifs is 1. The summed E-state index contributed by atoms with van der Waals surface area (Å²) in [5.41, 5.74) is 1.24. The van der Waals surface area contributed by atoms with Crippen LogP contribution in [0.4, 0.5) is 5.82 Å². The molecule has 25 heavy (non-hydrogen) atoms. The Hall–Kier alpha value is -2.53. The predicted octanol–water partition coefficient (Wildman–Crippen LogP) is 3.70. The molecule has 132 valence electrons. The Morgan fingerprint density at radius 2 is 2.08 bits per heavy atom. The number of anilines is 1. The average molecular weight is 338 g/mol. The molecule has 2 N–H and O–H groups in total. The quantitative estimate of drug-likeness (QED) is 0.584.